The molecule has 116 valence electrons. The molecule has 0 saturated carbocycles. The van der Waals surface area contributed by atoms with Crippen molar-refractivity contribution < 1.29 is 19.1 Å². The van der Waals surface area contributed by atoms with Crippen LogP contribution in [-0.2, 0) is 14.3 Å². The fraction of sp³-hybridized carbons (Fsp3) is 0.412. The monoisotopic (exact) mass is 301 g/mol. The summed E-state index contributed by atoms with van der Waals surface area (Å²) in [6.45, 7) is 2.40. The molecule has 0 bridgehead atoms. The lowest BCUT2D eigenvalue weighted by atomic mass is 9.97. The van der Waals surface area contributed by atoms with Gasteiger partial charge >= 0.3 is 5.97 Å². The van der Waals surface area contributed by atoms with E-state index in [1.165, 1.54) is 7.11 Å². The Morgan fingerprint density at radius 3 is 2.82 bits per heavy atom. The maximum absolute atomic E-state index is 12.3. The van der Waals surface area contributed by atoms with E-state index in [1.807, 2.05) is 23.1 Å². The van der Waals surface area contributed by atoms with E-state index in [0.29, 0.717) is 25.3 Å². The molecule has 0 unspecified atom stereocenters. The summed E-state index contributed by atoms with van der Waals surface area (Å²) in [6, 6.07) is 7.34. The molecule has 2 heterocycles. The van der Waals surface area contributed by atoms with E-state index in [2.05, 4.69) is 6.08 Å². The number of hydrogen-bond acceptors (Lipinski definition) is 4. The van der Waals surface area contributed by atoms with Gasteiger partial charge in [-0.3, -0.25) is 4.79 Å². The Morgan fingerprint density at radius 2 is 2.14 bits per heavy atom. The van der Waals surface area contributed by atoms with Crippen LogP contribution in [0, 0.1) is 5.92 Å². The van der Waals surface area contributed by atoms with Crippen LogP contribution in [0.15, 0.2) is 30.3 Å². The number of hydrogen-bond donors (Lipinski definition) is 0. The van der Waals surface area contributed by atoms with Crippen LogP contribution in [0.1, 0.15) is 22.3 Å². The highest BCUT2D eigenvalue weighted by Gasteiger charge is 2.31. The van der Waals surface area contributed by atoms with E-state index in [4.69, 9.17) is 9.47 Å². The Morgan fingerprint density at radius 1 is 1.32 bits per heavy atom. The summed E-state index contributed by atoms with van der Waals surface area (Å²) in [4.78, 5) is 25.8. The summed E-state index contributed by atoms with van der Waals surface area (Å²) < 4.78 is 9.85. The van der Waals surface area contributed by atoms with Gasteiger partial charge in [-0.05, 0) is 29.7 Å². The lowest BCUT2D eigenvalue weighted by Crippen LogP contribution is -2.46. The van der Waals surface area contributed by atoms with Gasteiger partial charge in [-0.1, -0.05) is 18.2 Å². The van der Waals surface area contributed by atoms with Crippen molar-refractivity contribution in [1.29, 1.82) is 0 Å². The van der Waals surface area contributed by atoms with Crippen LogP contribution in [0.25, 0.3) is 5.57 Å². The van der Waals surface area contributed by atoms with Crippen LogP contribution in [0.2, 0.25) is 0 Å². The number of benzene rings is 1. The number of carbonyl (C=O) groups excluding carboxylic acids is 2. The van der Waals surface area contributed by atoms with E-state index in [-0.39, 0.29) is 17.8 Å². The van der Waals surface area contributed by atoms with Crippen LogP contribution in [0.3, 0.4) is 0 Å². The average molecular weight is 301 g/mol. The summed E-state index contributed by atoms with van der Waals surface area (Å²) >= 11 is 0. The van der Waals surface area contributed by atoms with E-state index in [1.54, 1.807) is 6.07 Å². The fourth-order valence-electron chi connectivity index (χ4n) is 2.74. The molecule has 1 aromatic rings. The Balaban J connectivity index is 1.75. The van der Waals surface area contributed by atoms with Crippen molar-refractivity contribution in [2.24, 2.45) is 5.92 Å². The van der Waals surface area contributed by atoms with Crippen LogP contribution >= 0.6 is 0 Å². The van der Waals surface area contributed by atoms with Gasteiger partial charge in [0, 0.05) is 13.1 Å². The first kappa shape index (κ1) is 14.8. The Bertz CT molecular complexity index is 619. The van der Waals surface area contributed by atoms with Crippen LogP contribution in [0.4, 0.5) is 0 Å². The van der Waals surface area contributed by atoms with Crippen molar-refractivity contribution in [2.75, 3.05) is 33.4 Å². The molecule has 1 aromatic carbocycles. The first-order valence-corrected chi connectivity index (χ1v) is 7.43. The predicted molar refractivity (Wildman–Crippen MR) is 81.3 cm³/mol. The highest BCUT2D eigenvalue weighted by Crippen LogP contribution is 2.24. The average Bonchev–Trinajstić information content (AvgIpc) is 2.52. The lowest BCUT2D eigenvalue weighted by Gasteiger charge is -2.34. The SMILES string of the molecule is COC(=O)c1cccc(C2=CCCN(C(=O)C3COC3)C2)c1. The van der Waals surface area contributed by atoms with Gasteiger partial charge in [-0.15, -0.1) is 0 Å². The smallest absolute Gasteiger partial charge is 0.337 e. The molecule has 0 N–H and O–H groups in total. The minimum atomic E-state index is -0.349. The van der Waals surface area contributed by atoms with Crippen LogP contribution in [-0.4, -0.2) is 50.2 Å². The molecule has 1 fully saturated rings. The number of carbonyl (C=O) groups is 2. The summed E-state index contributed by atoms with van der Waals surface area (Å²) in [6.07, 6.45) is 2.97. The number of amides is 1. The van der Waals surface area contributed by atoms with Crippen molar-refractivity contribution in [3.05, 3.63) is 41.5 Å². The molecule has 0 aliphatic carbocycles. The first-order valence-electron chi connectivity index (χ1n) is 7.43. The number of esters is 1. The molecule has 3 rings (SSSR count). The van der Waals surface area contributed by atoms with E-state index in [0.717, 1.165) is 24.1 Å². The summed E-state index contributed by atoms with van der Waals surface area (Å²) in [5.41, 5.74) is 2.56. The molecule has 22 heavy (non-hydrogen) atoms. The van der Waals surface area contributed by atoms with E-state index in [9.17, 15) is 9.59 Å². The molecule has 2 aliphatic rings. The van der Waals surface area contributed by atoms with Gasteiger partial charge in [0.1, 0.15) is 0 Å². The zero-order chi connectivity index (χ0) is 15.5. The third kappa shape index (κ3) is 2.90. The third-order valence-electron chi connectivity index (χ3n) is 4.10. The number of nitrogens with zero attached hydrogens (tertiary/aromatic N) is 1. The van der Waals surface area contributed by atoms with E-state index >= 15 is 0 Å². The first-order chi connectivity index (χ1) is 10.7. The fourth-order valence-corrected chi connectivity index (χ4v) is 2.74. The Kier molecular flexibility index (Phi) is 4.24. The summed E-state index contributed by atoms with van der Waals surface area (Å²) in [5.74, 6) is -0.167. The maximum atomic E-state index is 12.3. The maximum Gasteiger partial charge on any atom is 0.337 e. The third-order valence-corrected chi connectivity index (χ3v) is 4.10. The van der Waals surface area contributed by atoms with Gasteiger partial charge in [0.15, 0.2) is 0 Å². The summed E-state index contributed by atoms with van der Waals surface area (Å²) in [7, 11) is 1.37. The summed E-state index contributed by atoms with van der Waals surface area (Å²) in [5, 5.41) is 0. The van der Waals surface area contributed by atoms with Crippen LogP contribution in [0.5, 0.6) is 0 Å². The second-order valence-electron chi connectivity index (χ2n) is 5.58. The topological polar surface area (TPSA) is 55.8 Å². The van der Waals surface area contributed by atoms with Crippen LogP contribution < -0.4 is 0 Å². The van der Waals surface area contributed by atoms with Crippen molar-refractivity contribution in [1.82, 2.24) is 4.90 Å². The molecular weight excluding hydrogens is 282 g/mol. The Labute approximate surface area is 129 Å². The molecule has 5 nitrogen and oxygen atoms in total. The van der Waals surface area contributed by atoms with Gasteiger partial charge in [0.05, 0.1) is 31.8 Å². The highest BCUT2D eigenvalue weighted by molar-refractivity contribution is 5.91. The van der Waals surface area contributed by atoms with E-state index < -0.39 is 0 Å². The molecule has 2 aliphatic heterocycles. The minimum absolute atomic E-state index is 0.0146. The van der Waals surface area contributed by atoms with Gasteiger partial charge < -0.3 is 14.4 Å². The van der Waals surface area contributed by atoms with Crippen molar-refractivity contribution in [2.45, 2.75) is 6.42 Å². The zero-order valence-electron chi connectivity index (χ0n) is 12.6. The number of ether oxygens (including phenoxy) is 2. The van der Waals surface area contributed by atoms with Crippen molar-refractivity contribution >= 4 is 17.4 Å². The number of methoxy groups -OCH3 is 1. The molecule has 5 heteroatoms. The molecule has 0 atom stereocenters. The largest absolute Gasteiger partial charge is 0.465 e. The lowest BCUT2D eigenvalue weighted by molar-refractivity contribution is -0.149. The van der Waals surface area contributed by atoms with Gasteiger partial charge in [-0.25, -0.2) is 4.79 Å². The predicted octanol–water partition coefficient (Wildman–Crippen LogP) is 1.74. The Hall–Kier alpha value is -2.14. The molecule has 0 radical (unpaired) electrons. The normalized spacial score (nSPS) is 18.4. The highest BCUT2D eigenvalue weighted by atomic mass is 16.5. The molecular formula is C17H19NO4. The second kappa shape index (κ2) is 6.32. The van der Waals surface area contributed by atoms with Gasteiger partial charge in [0.2, 0.25) is 5.91 Å². The zero-order valence-corrected chi connectivity index (χ0v) is 12.6. The minimum Gasteiger partial charge on any atom is -0.465 e. The quantitative estimate of drug-likeness (QED) is 0.798. The number of rotatable bonds is 3. The molecule has 1 amide bonds. The molecule has 1 saturated heterocycles. The van der Waals surface area contributed by atoms with Gasteiger partial charge in [0.25, 0.3) is 0 Å². The molecule has 0 aromatic heterocycles. The molecule has 0 spiro atoms. The standard InChI is InChI=1S/C17H19NO4/c1-21-17(20)13-5-2-4-12(8-13)14-6-3-7-18(9-14)16(19)15-10-22-11-15/h2,4-6,8,15H,3,7,9-11H2,1H3. The van der Waals surface area contributed by atoms with Crippen molar-refractivity contribution in [3.8, 4) is 0 Å². The van der Waals surface area contributed by atoms with Gasteiger partial charge in [-0.2, -0.15) is 0 Å². The van der Waals surface area contributed by atoms with Crippen molar-refractivity contribution in [3.63, 3.8) is 0 Å². The second-order valence-corrected chi connectivity index (χ2v) is 5.58.